The molecule has 0 bridgehead atoms. The van der Waals surface area contributed by atoms with Crippen molar-refractivity contribution in [1.29, 1.82) is 0 Å². The van der Waals surface area contributed by atoms with Gasteiger partial charge < -0.3 is 15.9 Å². The number of hydrogen-bond donors (Lipinski definition) is 3. The van der Waals surface area contributed by atoms with Crippen molar-refractivity contribution in [3.8, 4) is 0 Å². The minimum atomic E-state index is -1.29. The van der Waals surface area contributed by atoms with Crippen molar-refractivity contribution in [1.82, 2.24) is 0 Å². The van der Waals surface area contributed by atoms with Crippen molar-refractivity contribution in [2.75, 3.05) is 6.61 Å². The van der Waals surface area contributed by atoms with Crippen molar-refractivity contribution in [3.63, 3.8) is 0 Å². The second kappa shape index (κ2) is 4.42. The molecule has 0 spiro atoms. The lowest BCUT2D eigenvalue weighted by Gasteiger charge is -2.06. The van der Waals surface area contributed by atoms with Gasteiger partial charge in [-0.25, -0.2) is 4.79 Å². The summed E-state index contributed by atoms with van der Waals surface area (Å²) in [5.41, 5.74) is 4.56. The van der Waals surface area contributed by atoms with Crippen LogP contribution in [0.3, 0.4) is 0 Å². The number of aliphatic hydroxyl groups is 1. The van der Waals surface area contributed by atoms with Crippen LogP contribution in [0.4, 0.5) is 0 Å². The normalized spacial score (nSPS) is 11.8. The molecule has 72 valence electrons. The standard InChI is InChI=1S/C8H11NO4/c1-4(7(9)11)6(3-10)5(2)8(12)13/h10H,2-3H2,1H3,(H2,9,11)(H,12,13)/b6-4+. The molecule has 0 fully saturated rings. The lowest BCUT2D eigenvalue weighted by Crippen LogP contribution is -2.17. The third-order valence-electron chi connectivity index (χ3n) is 1.60. The van der Waals surface area contributed by atoms with Crippen molar-refractivity contribution >= 4 is 11.9 Å². The molecule has 1 amide bonds. The SMILES string of the molecule is C=C(C(=O)O)/C(CO)=C(\C)C(N)=O. The minimum Gasteiger partial charge on any atom is -0.478 e. The van der Waals surface area contributed by atoms with Gasteiger partial charge in [-0.15, -0.1) is 0 Å². The van der Waals surface area contributed by atoms with Gasteiger partial charge in [-0.3, -0.25) is 4.79 Å². The highest BCUT2D eigenvalue weighted by molar-refractivity contribution is 5.98. The summed E-state index contributed by atoms with van der Waals surface area (Å²) >= 11 is 0. The highest BCUT2D eigenvalue weighted by atomic mass is 16.4. The van der Waals surface area contributed by atoms with E-state index in [1.165, 1.54) is 6.92 Å². The Morgan fingerprint density at radius 3 is 2.15 bits per heavy atom. The summed E-state index contributed by atoms with van der Waals surface area (Å²) in [7, 11) is 0. The number of primary amides is 1. The van der Waals surface area contributed by atoms with Crippen LogP contribution in [0.1, 0.15) is 6.92 Å². The fourth-order valence-corrected chi connectivity index (χ4v) is 0.718. The van der Waals surface area contributed by atoms with Crippen LogP contribution < -0.4 is 5.73 Å². The molecule has 0 aromatic rings. The number of carboxylic acid groups (broad SMARTS) is 1. The monoisotopic (exact) mass is 185 g/mol. The molecular weight excluding hydrogens is 174 g/mol. The summed E-state index contributed by atoms with van der Waals surface area (Å²) in [4.78, 5) is 21.1. The molecule has 0 rings (SSSR count). The first-order valence-electron chi connectivity index (χ1n) is 3.44. The molecule has 0 aromatic heterocycles. The zero-order valence-electron chi connectivity index (χ0n) is 7.20. The predicted octanol–water partition coefficient (Wildman–Crippen LogP) is -0.579. The molecule has 0 saturated heterocycles. The highest BCUT2D eigenvalue weighted by Gasteiger charge is 2.14. The first-order chi connectivity index (χ1) is 5.91. The van der Waals surface area contributed by atoms with Crippen LogP contribution in [0, 0.1) is 0 Å². The highest BCUT2D eigenvalue weighted by Crippen LogP contribution is 2.12. The van der Waals surface area contributed by atoms with Gasteiger partial charge in [-0.05, 0) is 12.5 Å². The van der Waals surface area contributed by atoms with Crippen LogP contribution in [-0.2, 0) is 9.59 Å². The van der Waals surface area contributed by atoms with E-state index in [4.69, 9.17) is 15.9 Å². The van der Waals surface area contributed by atoms with Crippen LogP contribution in [0.5, 0.6) is 0 Å². The minimum absolute atomic E-state index is 0.00917. The average molecular weight is 185 g/mol. The largest absolute Gasteiger partial charge is 0.478 e. The van der Waals surface area contributed by atoms with E-state index in [9.17, 15) is 9.59 Å². The van der Waals surface area contributed by atoms with E-state index in [1.807, 2.05) is 0 Å². The number of rotatable bonds is 4. The van der Waals surface area contributed by atoms with E-state index in [0.717, 1.165) is 0 Å². The number of hydrogen-bond acceptors (Lipinski definition) is 3. The van der Waals surface area contributed by atoms with Gasteiger partial charge >= 0.3 is 5.97 Å². The quantitative estimate of drug-likeness (QED) is 0.403. The Labute approximate surface area is 75.2 Å². The Hall–Kier alpha value is -1.62. The van der Waals surface area contributed by atoms with E-state index in [0.29, 0.717) is 0 Å². The molecule has 0 heterocycles. The molecule has 0 saturated carbocycles. The molecule has 0 radical (unpaired) electrons. The van der Waals surface area contributed by atoms with Crippen molar-refractivity contribution < 1.29 is 19.8 Å². The smallest absolute Gasteiger partial charge is 0.335 e. The van der Waals surface area contributed by atoms with Crippen molar-refractivity contribution in [3.05, 3.63) is 23.3 Å². The van der Waals surface area contributed by atoms with E-state index >= 15 is 0 Å². The molecule has 0 aromatic carbocycles. The van der Waals surface area contributed by atoms with Gasteiger partial charge in [0.25, 0.3) is 0 Å². The molecule has 0 unspecified atom stereocenters. The van der Waals surface area contributed by atoms with Crippen molar-refractivity contribution in [2.45, 2.75) is 6.92 Å². The summed E-state index contributed by atoms with van der Waals surface area (Å²) in [6.07, 6.45) is 0. The molecule has 0 atom stereocenters. The van der Waals surface area contributed by atoms with Gasteiger partial charge in [0.2, 0.25) is 5.91 Å². The van der Waals surface area contributed by atoms with Gasteiger partial charge in [-0.1, -0.05) is 6.58 Å². The molecular formula is C8H11NO4. The number of nitrogens with two attached hydrogens (primary N) is 1. The maximum atomic E-state index is 10.6. The van der Waals surface area contributed by atoms with E-state index in [2.05, 4.69) is 6.58 Å². The van der Waals surface area contributed by atoms with Crippen LogP contribution in [0.25, 0.3) is 0 Å². The molecule has 0 aliphatic carbocycles. The molecule has 4 N–H and O–H groups in total. The fourth-order valence-electron chi connectivity index (χ4n) is 0.718. The molecule has 5 heteroatoms. The molecule has 5 nitrogen and oxygen atoms in total. The second-order valence-corrected chi connectivity index (χ2v) is 2.41. The molecule has 0 aliphatic rings. The van der Waals surface area contributed by atoms with Gasteiger partial charge in [0.1, 0.15) is 0 Å². The summed E-state index contributed by atoms with van der Waals surface area (Å²) < 4.78 is 0. The lowest BCUT2D eigenvalue weighted by atomic mass is 10.0. The van der Waals surface area contributed by atoms with Crippen molar-refractivity contribution in [2.24, 2.45) is 5.73 Å². The molecule has 13 heavy (non-hydrogen) atoms. The zero-order valence-corrected chi connectivity index (χ0v) is 7.20. The number of aliphatic hydroxyl groups excluding tert-OH is 1. The van der Waals surface area contributed by atoms with Crippen LogP contribution in [0.15, 0.2) is 23.3 Å². The maximum Gasteiger partial charge on any atom is 0.335 e. The number of amides is 1. The Morgan fingerprint density at radius 1 is 1.46 bits per heavy atom. The Bertz CT molecular complexity index is 291. The lowest BCUT2D eigenvalue weighted by molar-refractivity contribution is -0.132. The van der Waals surface area contributed by atoms with Gasteiger partial charge in [0, 0.05) is 5.57 Å². The second-order valence-electron chi connectivity index (χ2n) is 2.41. The summed E-state index contributed by atoms with van der Waals surface area (Å²) in [5.74, 6) is -2.06. The van der Waals surface area contributed by atoms with Gasteiger partial charge in [0.15, 0.2) is 0 Å². The number of carbonyl (C=O) groups excluding carboxylic acids is 1. The Morgan fingerprint density at radius 2 is 1.92 bits per heavy atom. The first-order valence-corrected chi connectivity index (χ1v) is 3.44. The van der Waals surface area contributed by atoms with Crippen LogP contribution >= 0.6 is 0 Å². The summed E-state index contributed by atoms with van der Waals surface area (Å²) in [5, 5.41) is 17.3. The average Bonchev–Trinajstić information content (AvgIpc) is 2.04. The van der Waals surface area contributed by atoms with Gasteiger partial charge in [-0.2, -0.15) is 0 Å². The Balaban J connectivity index is 5.11. The van der Waals surface area contributed by atoms with Crippen LogP contribution in [-0.4, -0.2) is 28.7 Å². The zero-order chi connectivity index (χ0) is 10.6. The van der Waals surface area contributed by atoms with E-state index in [-0.39, 0.29) is 16.7 Å². The first kappa shape index (κ1) is 11.4. The number of carboxylic acids is 1. The van der Waals surface area contributed by atoms with Gasteiger partial charge in [0.05, 0.1) is 12.2 Å². The van der Waals surface area contributed by atoms with E-state index in [1.54, 1.807) is 0 Å². The third-order valence-corrected chi connectivity index (χ3v) is 1.60. The maximum absolute atomic E-state index is 10.6. The van der Waals surface area contributed by atoms with Crippen LogP contribution in [0.2, 0.25) is 0 Å². The summed E-state index contributed by atoms with van der Waals surface area (Å²) in [6, 6.07) is 0. The van der Waals surface area contributed by atoms with E-state index < -0.39 is 18.5 Å². The fraction of sp³-hybridized carbons (Fsp3) is 0.250. The predicted molar refractivity (Wildman–Crippen MR) is 45.8 cm³/mol. The Kier molecular flexibility index (Phi) is 3.87. The molecule has 0 aliphatic heterocycles. The third kappa shape index (κ3) is 2.72. The number of carbonyl (C=O) groups is 2. The number of aliphatic carboxylic acids is 1. The summed E-state index contributed by atoms with van der Waals surface area (Å²) in [6.45, 7) is 3.97. The topological polar surface area (TPSA) is 101 Å².